The van der Waals surface area contributed by atoms with Crippen LogP contribution in [0.1, 0.15) is 31.2 Å². The summed E-state index contributed by atoms with van der Waals surface area (Å²) >= 11 is 1.27. The third-order valence-corrected chi connectivity index (χ3v) is 6.11. The molecule has 27 heavy (non-hydrogen) atoms. The second-order valence-electron chi connectivity index (χ2n) is 7.21. The van der Waals surface area contributed by atoms with Gasteiger partial charge in [-0.05, 0) is 49.4 Å². The quantitative estimate of drug-likeness (QED) is 0.787. The summed E-state index contributed by atoms with van der Waals surface area (Å²) in [5, 5.41) is 0. The SMILES string of the molecule is Cl.Cl.NCCCN1C(=O)CC[C@H]2CN(Cc3ccc4nsnc4c3)CC[C@H]21. The highest BCUT2D eigenvalue weighted by Crippen LogP contribution is 2.32. The van der Waals surface area contributed by atoms with Crippen LogP contribution in [-0.4, -0.2) is 56.7 Å². The van der Waals surface area contributed by atoms with Gasteiger partial charge in [0.05, 0.1) is 11.7 Å². The number of carbonyl (C=O) groups is 1. The van der Waals surface area contributed by atoms with Crippen LogP contribution in [0.3, 0.4) is 0 Å². The Kier molecular flexibility index (Phi) is 8.24. The van der Waals surface area contributed by atoms with Gasteiger partial charge in [-0.15, -0.1) is 24.8 Å². The van der Waals surface area contributed by atoms with Gasteiger partial charge in [-0.25, -0.2) is 0 Å². The first-order valence-corrected chi connectivity index (χ1v) is 9.90. The Bertz CT molecular complexity index is 758. The Morgan fingerprint density at radius 2 is 2.00 bits per heavy atom. The van der Waals surface area contributed by atoms with Gasteiger partial charge in [0.15, 0.2) is 0 Å². The Morgan fingerprint density at radius 1 is 1.19 bits per heavy atom. The molecule has 2 saturated heterocycles. The molecule has 1 aromatic heterocycles. The smallest absolute Gasteiger partial charge is 0.222 e. The van der Waals surface area contributed by atoms with E-state index in [9.17, 15) is 4.79 Å². The molecule has 0 aliphatic carbocycles. The van der Waals surface area contributed by atoms with E-state index in [1.54, 1.807) is 0 Å². The van der Waals surface area contributed by atoms with Crippen molar-refractivity contribution in [2.45, 2.75) is 38.3 Å². The first-order chi connectivity index (χ1) is 12.2. The Balaban J connectivity index is 0.00000131. The van der Waals surface area contributed by atoms with Crippen LogP contribution in [0.4, 0.5) is 0 Å². The van der Waals surface area contributed by atoms with Gasteiger partial charge in [0.1, 0.15) is 11.0 Å². The number of fused-ring (bicyclic) bond motifs is 2. The Labute approximate surface area is 176 Å². The number of hydrogen-bond acceptors (Lipinski definition) is 6. The fourth-order valence-electron chi connectivity index (χ4n) is 4.31. The van der Waals surface area contributed by atoms with Crippen molar-refractivity contribution in [3.8, 4) is 0 Å². The van der Waals surface area contributed by atoms with Crippen LogP contribution in [-0.2, 0) is 11.3 Å². The highest BCUT2D eigenvalue weighted by molar-refractivity contribution is 7.00. The van der Waals surface area contributed by atoms with Gasteiger partial charge in [-0.1, -0.05) is 6.07 Å². The fourth-order valence-corrected chi connectivity index (χ4v) is 4.82. The monoisotopic (exact) mass is 431 g/mol. The number of aromatic nitrogens is 2. The van der Waals surface area contributed by atoms with Crippen molar-refractivity contribution in [1.82, 2.24) is 18.5 Å². The standard InChI is InChI=1S/C18H25N5OS.2ClH/c19-7-1-8-23-17-6-9-22(12-14(17)3-5-18(23)24)11-13-2-4-15-16(10-13)21-25-20-15;;/h2,4,10,14,17H,1,3,5-9,11-12,19H2;2*1H/t14-,17+;;/m0../s1. The number of nitrogens with two attached hydrogens (primary N) is 1. The fraction of sp³-hybridized carbons (Fsp3) is 0.611. The number of benzene rings is 1. The van der Waals surface area contributed by atoms with Gasteiger partial charge in [0, 0.05) is 38.6 Å². The summed E-state index contributed by atoms with van der Waals surface area (Å²) in [5.41, 5.74) is 8.92. The molecule has 2 aliphatic heterocycles. The van der Waals surface area contributed by atoms with E-state index >= 15 is 0 Å². The summed E-state index contributed by atoms with van der Waals surface area (Å²) in [6, 6.07) is 6.79. The highest BCUT2D eigenvalue weighted by Gasteiger charge is 2.38. The molecular formula is C18H27Cl2N5OS. The summed E-state index contributed by atoms with van der Waals surface area (Å²) in [6.45, 7) is 4.55. The molecule has 0 radical (unpaired) electrons. The third-order valence-electron chi connectivity index (χ3n) is 5.56. The molecule has 0 unspecified atom stereocenters. The summed E-state index contributed by atoms with van der Waals surface area (Å²) in [5.74, 6) is 0.915. The maximum atomic E-state index is 12.3. The van der Waals surface area contributed by atoms with Gasteiger partial charge in [0.25, 0.3) is 0 Å². The van der Waals surface area contributed by atoms with Gasteiger partial charge >= 0.3 is 0 Å². The van der Waals surface area contributed by atoms with Crippen molar-refractivity contribution in [2.75, 3.05) is 26.2 Å². The molecule has 0 saturated carbocycles. The number of likely N-dealkylation sites (tertiary alicyclic amines) is 2. The van der Waals surface area contributed by atoms with Crippen molar-refractivity contribution in [3.63, 3.8) is 0 Å². The Hall–Kier alpha value is -0.990. The van der Waals surface area contributed by atoms with Crippen LogP contribution < -0.4 is 5.73 Å². The van der Waals surface area contributed by atoms with Gasteiger partial charge < -0.3 is 10.6 Å². The molecule has 6 nitrogen and oxygen atoms in total. The third kappa shape index (κ3) is 4.90. The van der Waals surface area contributed by atoms with Crippen molar-refractivity contribution in [1.29, 1.82) is 0 Å². The molecule has 1 aromatic carbocycles. The second kappa shape index (κ2) is 9.98. The molecule has 2 N–H and O–H groups in total. The number of hydrogen-bond donors (Lipinski definition) is 1. The molecule has 1 amide bonds. The number of halogens is 2. The van der Waals surface area contributed by atoms with E-state index in [4.69, 9.17) is 5.73 Å². The summed E-state index contributed by atoms with van der Waals surface area (Å²) < 4.78 is 8.61. The zero-order valence-electron chi connectivity index (χ0n) is 15.2. The van der Waals surface area contributed by atoms with E-state index < -0.39 is 0 Å². The molecule has 2 aromatic rings. The minimum absolute atomic E-state index is 0. The molecule has 3 heterocycles. The number of rotatable bonds is 5. The van der Waals surface area contributed by atoms with Crippen LogP contribution in [0, 0.1) is 5.92 Å². The van der Waals surface area contributed by atoms with Crippen molar-refractivity contribution >= 4 is 53.5 Å². The van der Waals surface area contributed by atoms with Crippen molar-refractivity contribution in [3.05, 3.63) is 23.8 Å². The van der Waals surface area contributed by atoms with E-state index in [0.29, 0.717) is 30.8 Å². The van der Waals surface area contributed by atoms with Crippen LogP contribution in [0.15, 0.2) is 18.2 Å². The van der Waals surface area contributed by atoms with Crippen LogP contribution in [0.25, 0.3) is 11.0 Å². The lowest BCUT2D eigenvalue weighted by molar-refractivity contribution is -0.141. The minimum atomic E-state index is 0. The topological polar surface area (TPSA) is 75.3 Å². The first-order valence-electron chi connectivity index (χ1n) is 9.17. The average molecular weight is 432 g/mol. The minimum Gasteiger partial charge on any atom is -0.339 e. The maximum Gasteiger partial charge on any atom is 0.222 e. The van der Waals surface area contributed by atoms with E-state index in [2.05, 4.69) is 36.7 Å². The maximum absolute atomic E-state index is 12.3. The van der Waals surface area contributed by atoms with Crippen molar-refractivity contribution < 1.29 is 4.79 Å². The molecule has 2 fully saturated rings. The lowest BCUT2D eigenvalue weighted by Crippen LogP contribution is -2.56. The van der Waals surface area contributed by atoms with Crippen molar-refractivity contribution in [2.24, 2.45) is 11.7 Å². The summed E-state index contributed by atoms with van der Waals surface area (Å²) in [6.07, 6.45) is 3.69. The largest absolute Gasteiger partial charge is 0.339 e. The first kappa shape index (κ1) is 22.3. The van der Waals surface area contributed by atoms with Gasteiger partial charge in [-0.2, -0.15) is 8.75 Å². The van der Waals surface area contributed by atoms with E-state index in [-0.39, 0.29) is 24.8 Å². The molecule has 150 valence electrons. The molecular weight excluding hydrogens is 405 g/mol. The van der Waals surface area contributed by atoms with Gasteiger partial charge in [0.2, 0.25) is 5.91 Å². The molecule has 4 rings (SSSR count). The summed E-state index contributed by atoms with van der Waals surface area (Å²) in [7, 11) is 0. The predicted octanol–water partition coefficient (Wildman–Crippen LogP) is 2.70. The number of piperidine rings is 2. The normalized spacial score (nSPS) is 22.9. The predicted molar refractivity (Wildman–Crippen MR) is 114 cm³/mol. The lowest BCUT2D eigenvalue weighted by Gasteiger charge is -2.47. The second-order valence-corrected chi connectivity index (χ2v) is 7.73. The zero-order chi connectivity index (χ0) is 17.2. The van der Waals surface area contributed by atoms with Crippen LogP contribution >= 0.6 is 36.5 Å². The van der Waals surface area contributed by atoms with Gasteiger partial charge in [-0.3, -0.25) is 9.69 Å². The van der Waals surface area contributed by atoms with E-state index in [1.165, 1.54) is 17.3 Å². The van der Waals surface area contributed by atoms with Crippen LogP contribution in [0.2, 0.25) is 0 Å². The van der Waals surface area contributed by atoms with Crippen LogP contribution in [0.5, 0.6) is 0 Å². The number of carbonyl (C=O) groups excluding carboxylic acids is 1. The average Bonchev–Trinajstić information content (AvgIpc) is 3.09. The molecule has 9 heteroatoms. The summed E-state index contributed by atoms with van der Waals surface area (Å²) in [4.78, 5) is 16.9. The molecule has 2 atom stereocenters. The number of nitrogens with zero attached hydrogens (tertiary/aromatic N) is 4. The number of amides is 1. The van der Waals surface area contributed by atoms with E-state index in [0.717, 1.165) is 56.5 Å². The molecule has 0 bridgehead atoms. The highest BCUT2D eigenvalue weighted by atomic mass is 35.5. The molecule has 2 aliphatic rings. The Morgan fingerprint density at radius 3 is 2.81 bits per heavy atom. The van der Waals surface area contributed by atoms with E-state index in [1.807, 2.05) is 0 Å². The molecule has 0 spiro atoms. The lowest BCUT2D eigenvalue weighted by atomic mass is 9.83. The zero-order valence-corrected chi connectivity index (χ0v) is 17.7.